The lowest BCUT2D eigenvalue weighted by Crippen LogP contribution is -2.30. The molecule has 1 aromatic heterocycles. The maximum Gasteiger partial charge on any atom is 0.407 e. The fourth-order valence-corrected chi connectivity index (χ4v) is 3.29. The molecule has 1 heterocycles. The number of benzene rings is 1. The molecule has 23 heavy (non-hydrogen) atoms. The highest BCUT2D eigenvalue weighted by Crippen LogP contribution is 2.33. The number of nitrogens with one attached hydrogen (secondary N) is 1. The molecule has 0 radical (unpaired) electrons. The highest BCUT2D eigenvalue weighted by Gasteiger charge is 2.24. The number of ether oxygens (including phenoxy) is 1. The summed E-state index contributed by atoms with van der Waals surface area (Å²) in [6.07, 6.45) is -1.11. The van der Waals surface area contributed by atoms with Crippen LogP contribution in [0.3, 0.4) is 0 Å². The van der Waals surface area contributed by atoms with Gasteiger partial charge in [-0.05, 0) is 5.56 Å². The van der Waals surface area contributed by atoms with Gasteiger partial charge in [-0.15, -0.1) is 11.3 Å². The second-order valence-electron chi connectivity index (χ2n) is 4.48. The third-order valence-corrected chi connectivity index (χ3v) is 4.46. The molecule has 2 N–H and O–H groups in total. The van der Waals surface area contributed by atoms with E-state index in [0.29, 0.717) is 4.88 Å². The van der Waals surface area contributed by atoms with E-state index in [9.17, 15) is 9.59 Å². The third-order valence-electron chi connectivity index (χ3n) is 2.78. The molecule has 9 heteroatoms. The van der Waals surface area contributed by atoms with Crippen LogP contribution in [-0.4, -0.2) is 22.2 Å². The Bertz CT molecular complexity index is 693. The molecule has 0 spiro atoms. The fourth-order valence-electron chi connectivity index (χ4n) is 1.79. The van der Waals surface area contributed by atoms with Gasteiger partial charge in [-0.3, -0.25) is 4.79 Å². The topological polar surface area (TPSA) is 88.5 Å². The van der Waals surface area contributed by atoms with E-state index in [1.54, 1.807) is 0 Å². The Kier molecular flexibility index (Phi) is 6.20. The molecule has 1 amide bonds. The van der Waals surface area contributed by atoms with E-state index in [-0.39, 0.29) is 22.6 Å². The number of hydrogen-bond donors (Lipinski definition) is 2. The van der Waals surface area contributed by atoms with Crippen molar-refractivity contribution in [3.63, 3.8) is 0 Å². The molecule has 0 bridgehead atoms. The van der Waals surface area contributed by atoms with Crippen LogP contribution in [0.5, 0.6) is 0 Å². The van der Waals surface area contributed by atoms with Crippen LogP contribution in [0.1, 0.15) is 22.9 Å². The maximum atomic E-state index is 11.9. The van der Waals surface area contributed by atoms with Crippen molar-refractivity contribution in [2.75, 3.05) is 0 Å². The van der Waals surface area contributed by atoms with Crippen LogP contribution in [0.2, 0.25) is 9.62 Å². The van der Waals surface area contributed by atoms with Crippen LogP contribution < -0.4 is 5.32 Å². The van der Waals surface area contributed by atoms with Crippen LogP contribution in [0, 0.1) is 0 Å². The SMILES string of the molecule is O=C(O)C[C@@H](NC(=O)OCc1ccccc1)c1sc(Cl)nc1Cl. The molecule has 0 unspecified atom stereocenters. The van der Waals surface area contributed by atoms with Crippen LogP contribution in [0.25, 0.3) is 0 Å². The van der Waals surface area contributed by atoms with Crippen LogP contribution in [0.15, 0.2) is 30.3 Å². The first-order valence-corrected chi connectivity index (χ1v) is 8.03. The first kappa shape index (κ1) is 17.5. The number of aliphatic carboxylic acids is 1. The molecule has 0 saturated carbocycles. The van der Waals surface area contributed by atoms with Crippen molar-refractivity contribution in [1.82, 2.24) is 10.3 Å². The lowest BCUT2D eigenvalue weighted by molar-refractivity contribution is -0.137. The molecule has 0 aliphatic carbocycles. The van der Waals surface area contributed by atoms with Gasteiger partial charge in [0.25, 0.3) is 0 Å². The summed E-state index contributed by atoms with van der Waals surface area (Å²) < 4.78 is 5.24. The van der Waals surface area contributed by atoms with E-state index >= 15 is 0 Å². The summed E-state index contributed by atoms with van der Waals surface area (Å²) in [4.78, 5) is 27.0. The van der Waals surface area contributed by atoms with Gasteiger partial charge in [-0.1, -0.05) is 53.5 Å². The number of aromatic nitrogens is 1. The number of carboxylic acids is 1. The smallest absolute Gasteiger partial charge is 0.407 e. The van der Waals surface area contributed by atoms with Gasteiger partial charge in [-0.2, -0.15) is 0 Å². The Morgan fingerprint density at radius 1 is 1.30 bits per heavy atom. The fraction of sp³-hybridized carbons (Fsp3) is 0.214. The summed E-state index contributed by atoms with van der Waals surface area (Å²) >= 11 is 12.7. The zero-order valence-electron chi connectivity index (χ0n) is 11.7. The van der Waals surface area contributed by atoms with Gasteiger partial charge in [0.1, 0.15) is 11.8 Å². The van der Waals surface area contributed by atoms with Gasteiger partial charge < -0.3 is 15.2 Å². The van der Waals surface area contributed by atoms with Crippen molar-refractivity contribution in [1.29, 1.82) is 0 Å². The van der Waals surface area contributed by atoms with E-state index in [1.165, 1.54) is 0 Å². The average Bonchev–Trinajstić information content (AvgIpc) is 2.84. The normalized spacial score (nSPS) is 11.7. The standard InChI is InChI=1S/C14H12Cl2N2O4S/c15-12-11(23-13(16)18-12)9(6-10(19)20)17-14(21)22-7-8-4-2-1-3-5-8/h1-5,9H,6-7H2,(H,17,21)(H,19,20)/t9-/m1/s1. The molecular formula is C14H12Cl2N2O4S. The summed E-state index contributed by atoms with van der Waals surface area (Å²) in [6.45, 7) is 0.0731. The Labute approximate surface area is 146 Å². The molecule has 6 nitrogen and oxygen atoms in total. The minimum absolute atomic E-state index is 0.0645. The Morgan fingerprint density at radius 2 is 2.00 bits per heavy atom. The molecule has 1 atom stereocenters. The molecule has 2 rings (SSSR count). The Balaban J connectivity index is 2.01. The van der Waals surface area contributed by atoms with Gasteiger partial charge in [0.05, 0.1) is 17.3 Å². The van der Waals surface area contributed by atoms with Crippen LogP contribution in [-0.2, 0) is 16.1 Å². The van der Waals surface area contributed by atoms with E-state index in [2.05, 4.69) is 10.3 Å². The molecule has 0 aliphatic heterocycles. The van der Waals surface area contributed by atoms with E-state index in [1.807, 2.05) is 30.3 Å². The number of amides is 1. The minimum Gasteiger partial charge on any atom is -0.481 e. The number of rotatable bonds is 6. The maximum absolute atomic E-state index is 11.9. The van der Waals surface area contributed by atoms with Crippen molar-refractivity contribution < 1.29 is 19.4 Å². The largest absolute Gasteiger partial charge is 0.481 e. The summed E-state index contributed by atoms with van der Waals surface area (Å²) in [5, 5.41) is 11.5. The number of carbonyl (C=O) groups is 2. The summed E-state index contributed by atoms with van der Waals surface area (Å²) in [7, 11) is 0. The predicted octanol–water partition coefficient (Wildman–Crippen LogP) is 3.89. The van der Waals surface area contributed by atoms with Crippen molar-refractivity contribution in [2.45, 2.75) is 19.1 Å². The quantitative estimate of drug-likeness (QED) is 0.800. The lowest BCUT2D eigenvalue weighted by atomic mass is 10.2. The molecule has 0 aliphatic rings. The summed E-state index contributed by atoms with van der Waals surface area (Å²) in [5.41, 5.74) is 0.816. The number of carboxylic acid groups (broad SMARTS) is 1. The highest BCUT2D eigenvalue weighted by molar-refractivity contribution is 7.16. The first-order chi connectivity index (χ1) is 11.0. The Hall–Kier alpha value is -1.83. The summed E-state index contributed by atoms with van der Waals surface area (Å²) in [6, 6.07) is 8.24. The number of halogens is 2. The van der Waals surface area contributed by atoms with Crippen molar-refractivity contribution in [2.24, 2.45) is 0 Å². The highest BCUT2D eigenvalue weighted by atomic mass is 35.5. The molecule has 2 aromatic rings. The van der Waals surface area contributed by atoms with Gasteiger partial charge in [0, 0.05) is 0 Å². The predicted molar refractivity (Wildman–Crippen MR) is 86.9 cm³/mol. The number of carbonyl (C=O) groups excluding carboxylic acids is 1. The third kappa shape index (κ3) is 5.38. The lowest BCUT2D eigenvalue weighted by Gasteiger charge is -2.15. The molecule has 1 aromatic carbocycles. The average molecular weight is 375 g/mol. The van der Waals surface area contributed by atoms with Crippen molar-refractivity contribution >= 4 is 46.6 Å². The summed E-state index contributed by atoms with van der Waals surface area (Å²) in [5.74, 6) is -1.10. The number of hydrogen-bond acceptors (Lipinski definition) is 5. The second-order valence-corrected chi connectivity index (χ2v) is 6.45. The molecular weight excluding hydrogens is 363 g/mol. The monoisotopic (exact) mass is 374 g/mol. The van der Waals surface area contributed by atoms with Crippen molar-refractivity contribution in [3.05, 3.63) is 50.4 Å². The number of nitrogens with zero attached hydrogens (tertiary/aromatic N) is 1. The zero-order valence-corrected chi connectivity index (χ0v) is 14.0. The van der Waals surface area contributed by atoms with E-state index < -0.39 is 18.1 Å². The zero-order chi connectivity index (χ0) is 16.8. The Morgan fingerprint density at radius 3 is 2.57 bits per heavy atom. The van der Waals surface area contributed by atoms with Crippen molar-refractivity contribution in [3.8, 4) is 0 Å². The molecule has 0 saturated heterocycles. The van der Waals surface area contributed by atoms with Gasteiger partial charge >= 0.3 is 12.1 Å². The number of alkyl carbamates (subject to hydrolysis) is 1. The van der Waals surface area contributed by atoms with E-state index in [4.69, 9.17) is 33.0 Å². The second kappa shape index (κ2) is 8.14. The van der Waals surface area contributed by atoms with E-state index in [0.717, 1.165) is 16.9 Å². The van der Waals surface area contributed by atoms with Crippen LogP contribution >= 0.6 is 34.5 Å². The van der Waals surface area contributed by atoms with Gasteiger partial charge in [0.15, 0.2) is 4.47 Å². The van der Waals surface area contributed by atoms with Gasteiger partial charge in [-0.25, -0.2) is 9.78 Å². The molecule has 0 fully saturated rings. The number of thiazole rings is 1. The minimum atomic E-state index is -1.10. The van der Waals surface area contributed by atoms with Crippen LogP contribution in [0.4, 0.5) is 4.79 Å². The molecule has 122 valence electrons. The first-order valence-electron chi connectivity index (χ1n) is 6.46. The van der Waals surface area contributed by atoms with Gasteiger partial charge in [0.2, 0.25) is 0 Å².